The van der Waals surface area contributed by atoms with Gasteiger partial charge in [0.25, 0.3) is 5.91 Å². The molecule has 1 aromatic rings. The molecule has 0 aromatic heterocycles. The van der Waals surface area contributed by atoms with Crippen molar-refractivity contribution in [3.8, 4) is 0 Å². The van der Waals surface area contributed by atoms with Gasteiger partial charge in [-0.3, -0.25) is 14.9 Å². The number of hydrogen-bond donors (Lipinski definition) is 3. The average Bonchev–Trinajstić information content (AvgIpc) is 2.38. The maximum atomic E-state index is 13.1. The molecule has 0 bridgehead atoms. The number of aliphatic carboxylic acids is 1. The summed E-state index contributed by atoms with van der Waals surface area (Å²) in [5.41, 5.74) is -1.13. The van der Waals surface area contributed by atoms with Gasteiger partial charge in [0.15, 0.2) is 0 Å². The van der Waals surface area contributed by atoms with Crippen LogP contribution in [0.25, 0.3) is 0 Å². The van der Waals surface area contributed by atoms with Crippen molar-refractivity contribution in [2.24, 2.45) is 0 Å². The van der Waals surface area contributed by atoms with Gasteiger partial charge < -0.3 is 15.5 Å². The summed E-state index contributed by atoms with van der Waals surface area (Å²) in [6.45, 7) is -0.458. The van der Waals surface area contributed by atoms with Crippen molar-refractivity contribution in [1.82, 2.24) is 5.32 Å². The quantitative estimate of drug-likeness (QED) is 0.509. The van der Waals surface area contributed by atoms with Crippen LogP contribution < -0.4 is 5.32 Å². The predicted molar refractivity (Wildman–Crippen MR) is 63.6 cm³/mol. The number of nitro groups is 1. The van der Waals surface area contributed by atoms with Crippen molar-refractivity contribution < 1.29 is 29.1 Å². The lowest BCUT2D eigenvalue weighted by Gasteiger charge is -2.13. The van der Waals surface area contributed by atoms with Crippen LogP contribution in [0.3, 0.4) is 0 Å². The van der Waals surface area contributed by atoms with Crippen molar-refractivity contribution in [2.75, 3.05) is 6.61 Å². The standard InChI is InChI=1S/C11H11FN2O6/c12-7-2-1-6(5-9(7)14(19)20)10(16)13-8(3-4-15)11(17)18/h1-2,5,8,15H,3-4H2,(H,13,16)(H,17,18)/t8-/m0/s1. The topological polar surface area (TPSA) is 130 Å². The van der Waals surface area contributed by atoms with E-state index in [1.165, 1.54) is 0 Å². The Morgan fingerprint density at radius 2 is 2.10 bits per heavy atom. The zero-order valence-electron chi connectivity index (χ0n) is 10.1. The molecular formula is C11H11FN2O6. The van der Waals surface area contributed by atoms with Crippen molar-refractivity contribution >= 4 is 17.6 Å². The second-order valence-corrected chi connectivity index (χ2v) is 3.80. The molecule has 1 amide bonds. The lowest BCUT2D eigenvalue weighted by atomic mass is 10.1. The molecule has 0 spiro atoms. The van der Waals surface area contributed by atoms with Crippen LogP contribution in [0, 0.1) is 15.9 Å². The Morgan fingerprint density at radius 3 is 2.60 bits per heavy atom. The summed E-state index contributed by atoms with van der Waals surface area (Å²) >= 11 is 0. The van der Waals surface area contributed by atoms with Crippen LogP contribution in [0.15, 0.2) is 18.2 Å². The number of nitrogens with one attached hydrogen (secondary N) is 1. The summed E-state index contributed by atoms with van der Waals surface area (Å²) in [6.07, 6.45) is -0.218. The van der Waals surface area contributed by atoms with E-state index in [0.29, 0.717) is 6.07 Å². The van der Waals surface area contributed by atoms with E-state index < -0.39 is 41.0 Å². The molecule has 0 radical (unpaired) electrons. The third kappa shape index (κ3) is 3.72. The van der Waals surface area contributed by atoms with Crippen LogP contribution in [0.1, 0.15) is 16.8 Å². The van der Waals surface area contributed by atoms with Crippen molar-refractivity contribution in [2.45, 2.75) is 12.5 Å². The van der Waals surface area contributed by atoms with Crippen LogP contribution in [0.2, 0.25) is 0 Å². The maximum Gasteiger partial charge on any atom is 0.326 e. The minimum atomic E-state index is -1.36. The monoisotopic (exact) mass is 286 g/mol. The maximum absolute atomic E-state index is 13.1. The van der Waals surface area contributed by atoms with Gasteiger partial charge >= 0.3 is 11.7 Å². The van der Waals surface area contributed by atoms with Gasteiger partial charge in [-0.1, -0.05) is 0 Å². The molecule has 0 aliphatic carbocycles. The van der Waals surface area contributed by atoms with Gasteiger partial charge in [-0.05, 0) is 12.1 Å². The molecular weight excluding hydrogens is 275 g/mol. The minimum absolute atomic E-state index is 0.218. The summed E-state index contributed by atoms with van der Waals surface area (Å²) in [4.78, 5) is 32.1. The number of carboxylic acid groups (broad SMARTS) is 1. The lowest BCUT2D eigenvalue weighted by Crippen LogP contribution is -2.41. The predicted octanol–water partition coefficient (Wildman–Crippen LogP) is 0.299. The molecule has 1 rings (SSSR count). The summed E-state index contributed by atoms with van der Waals surface area (Å²) in [5, 5.41) is 30.1. The Hall–Kier alpha value is -2.55. The molecule has 1 atom stereocenters. The number of carbonyl (C=O) groups is 2. The Kier molecular flexibility index (Phi) is 5.09. The van der Waals surface area contributed by atoms with Gasteiger partial charge in [0, 0.05) is 24.7 Å². The normalized spacial score (nSPS) is 11.7. The Labute approximate surface area is 112 Å². The van der Waals surface area contributed by atoms with E-state index >= 15 is 0 Å². The molecule has 0 saturated heterocycles. The molecule has 20 heavy (non-hydrogen) atoms. The molecule has 0 heterocycles. The highest BCUT2D eigenvalue weighted by molar-refractivity contribution is 5.97. The highest BCUT2D eigenvalue weighted by Crippen LogP contribution is 2.18. The number of benzene rings is 1. The van der Waals surface area contributed by atoms with E-state index in [1.54, 1.807) is 0 Å². The summed E-state index contributed by atoms with van der Waals surface area (Å²) in [5.74, 6) is -3.37. The molecule has 9 heteroatoms. The molecule has 1 aromatic carbocycles. The molecule has 8 nitrogen and oxygen atoms in total. The van der Waals surface area contributed by atoms with Crippen LogP contribution in [0.5, 0.6) is 0 Å². The molecule has 108 valence electrons. The Balaban J connectivity index is 2.95. The van der Waals surface area contributed by atoms with Crippen LogP contribution in [0.4, 0.5) is 10.1 Å². The number of halogens is 1. The van der Waals surface area contributed by atoms with E-state index in [2.05, 4.69) is 5.32 Å². The van der Waals surface area contributed by atoms with E-state index in [1.807, 2.05) is 0 Å². The van der Waals surface area contributed by atoms with Gasteiger partial charge in [0.1, 0.15) is 6.04 Å². The molecule has 0 unspecified atom stereocenters. The second-order valence-electron chi connectivity index (χ2n) is 3.80. The first-order chi connectivity index (χ1) is 9.36. The first kappa shape index (κ1) is 15.5. The first-order valence-corrected chi connectivity index (χ1v) is 5.45. The van der Waals surface area contributed by atoms with E-state index in [-0.39, 0.29) is 12.0 Å². The lowest BCUT2D eigenvalue weighted by molar-refractivity contribution is -0.387. The van der Waals surface area contributed by atoms with E-state index in [9.17, 15) is 24.1 Å². The number of hydrogen-bond acceptors (Lipinski definition) is 5. The van der Waals surface area contributed by atoms with Gasteiger partial charge in [-0.25, -0.2) is 4.79 Å². The molecule has 3 N–H and O–H groups in total. The van der Waals surface area contributed by atoms with Crippen LogP contribution in [-0.2, 0) is 4.79 Å². The number of rotatable bonds is 6. The van der Waals surface area contributed by atoms with Crippen LogP contribution in [-0.4, -0.2) is 39.7 Å². The third-order valence-electron chi connectivity index (χ3n) is 2.43. The van der Waals surface area contributed by atoms with Gasteiger partial charge in [-0.2, -0.15) is 4.39 Å². The van der Waals surface area contributed by atoms with Crippen molar-refractivity contribution in [3.05, 3.63) is 39.7 Å². The minimum Gasteiger partial charge on any atom is -0.480 e. The number of nitrogens with zero attached hydrogens (tertiary/aromatic N) is 1. The SMILES string of the molecule is O=C(N[C@@H](CCO)C(=O)O)c1ccc(F)c([N+](=O)[O-])c1. The van der Waals surface area contributed by atoms with Gasteiger partial charge in [0.05, 0.1) is 4.92 Å². The Morgan fingerprint density at radius 1 is 1.45 bits per heavy atom. The number of carbonyl (C=O) groups excluding carboxylic acids is 1. The Bertz CT molecular complexity index is 548. The number of aliphatic hydroxyl groups excluding tert-OH is 1. The molecule has 0 saturated carbocycles. The smallest absolute Gasteiger partial charge is 0.326 e. The van der Waals surface area contributed by atoms with Crippen molar-refractivity contribution in [1.29, 1.82) is 0 Å². The van der Waals surface area contributed by atoms with Crippen LogP contribution >= 0.6 is 0 Å². The van der Waals surface area contributed by atoms with E-state index in [4.69, 9.17) is 10.2 Å². The largest absolute Gasteiger partial charge is 0.480 e. The second kappa shape index (κ2) is 6.57. The number of aliphatic hydroxyl groups is 1. The fourth-order valence-corrected chi connectivity index (χ4v) is 1.42. The van der Waals surface area contributed by atoms with Gasteiger partial charge in [-0.15, -0.1) is 0 Å². The number of nitro benzene ring substituents is 1. The molecule has 0 aliphatic heterocycles. The molecule has 0 fully saturated rings. The average molecular weight is 286 g/mol. The number of carboxylic acids is 1. The summed E-state index contributed by atoms with van der Waals surface area (Å²) in [7, 11) is 0. The zero-order valence-corrected chi connectivity index (χ0v) is 10.1. The zero-order chi connectivity index (χ0) is 15.3. The number of amides is 1. The molecule has 0 aliphatic rings. The summed E-state index contributed by atoms with van der Waals surface area (Å²) < 4.78 is 13.1. The van der Waals surface area contributed by atoms with Gasteiger partial charge in [0.2, 0.25) is 5.82 Å². The third-order valence-corrected chi connectivity index (χ3v) is 2.43. The highest BCUT2D eigenvalue weighted by Gasteiger charge is 2.22. The highest BCUT2D eigenvalue weighted by atomic mass is 19.1. The fourth-order valence-electron chi connectivity index (χ4n) is 1.42. The van der Waals surface area contributed by atoms with E-state index in [0.717, 1.165) is 12.1 Å². The fraction of sp³-hybridized carbons (Fsp3) is 0.273. The van der Waals surface area contributed by atoms with Crippen molar-refractivity contribution in [3.63, 3.8) is 0 Å². The first-order valence-electron chi connectivity index (χ1n) is 5.45. The summed E-state index contributed by atoms with van der Waals surface area (Å²) in [6, 6.07) is 1.11.